The number of hydrogen-bond donors (Lipinski definition) is 0. The molecule has 2 aromatic carbocycles. The average Bonchev–Trinajstić information content (AvgIpc) is 2.92. The topological polar surface area (TPSA) is 41.9 Å². The Morgan fingerprint density at radius 1 is 1.15 bits per heavy atom. The summed E-state index contributed by atoms with van der Waals surface area (Å²) in [6.45, 7) is 6.56. The van der Waals surface area contributed by atoms with Crippen LogP contribution in [0.1, 0.15) is 26.3 Å². The lowest BCUT2D eigenvalue weighted by molar-refractivity contribution is -0.123. The quantitative estimate of drug-likeness (QED) is 0.692. The van der Waals surface area contributed by atoms with Gasteiger partial charge in [0.2, 0.25) is 0 Å². The van der Waals surface area contributed by atoms with Crippen LogP contribution in [0.15, 0.2) is 64.5 Å². The van der Waals surface area contributed by atoms with Gasteiger partial charge in [-0.1, -0.05) is 30.3 Å². The van der Waals surface area contributed by atoms with Crippen LogP contribution >= 0.6 is 11.8 Å². The molecule has 1 saturated heterocycles. The minimum Gasteiger partial charge on any atom is -0.494 e. The molecule has 1 aliphatic rings. The summed E-state index contributed by atoms with van der Waals surface area (Å²) in [6, 6.07) is 17.5. The second kappa shape index (κ2) is 8.23. The summed E-state index contributed by atoms with van der Waals surface area (Å²) in [6.07, 6.45) is 1.90. The number of aliphatic imine (C=N–C) groups is 1. The molecule has 0 spiro atoms. The molecule has 0 atom stereocenters. The Balaban J connectivity index is 1.93. The third kappa shape index (κ3) is 4.17. The maximum absolute atomic E-state index is 12.9. The molecule has 0 saturated carbocycles. The van der Waals surface area contributed by atoms with Gasteiger partial charge in [0.25, 0.3) is 5.91 Å². The number of amides is 1. The first-order valence-corrected chi connectivity index (χ1v) is 9.50. The van der Waals surface area contributed by atoms with E-state index in [9.17, 15) is 4.79 Å². The van der Waals surface area contributed by atoms with Crippen molar-refractivity contribution in [2.24, 2.45) is 4.99 Å². The van der Waals surface area contributed by atoms with E-state index in [1.54, 1.807) is 4.90 Å². The normalized spacial score (nSPS) is 17.5. The minimum atomic E-state index is -0.0125. The molecule has 0 unspecified atom stereocenters. The van der Waals surface area contributed by atoms with Gasteiger partial charge in [-0.25, -0.2) is 4.99 Å². The number of thioether (sulfide) groups is 1. The molecule has 1 fully saturated rings. The molecule has 0 aliphatic carbocycles. The van der Waals surface area contributed by atoms with E-state index >= 15 is 0 Å². The minimum absolute atomic E-state index is 0.0125. The van der Waals surface area contributed by atoms with Crippen molar-refractivity contribution >= 4 is 34.6 Å². The van der Waals surface area contributed by atoms with E-state index in [0.717, 1.165) is 17.0 Å². The number of rotatable bonds is 5. The standard InChI is InChI=1S/C21H22N2O2S/c1-4-25-18-12-8-9-16(13-18)14-19-20(24)23(15(2)3)21(26-19)22-17-10-6-5-7-11-17/h5-15H,4H2,1-3H3/b19-14+,22-21?. The van der Waals surface area contributed by atoms with Gasteiger partial charge in [-0.15, -0.1) is 0 Å². The highest BCUT2D eigenvalue weighted by Gasteiger charge is 2.35. The number of para-hydroxylation sites is 1. The Kier molecular flexibility index (Phi) is 5.78. The SMILES string of the molecule is CCOc1cccc(/C=C2/SC(=Nc3ccccc3)N(C(C)C)C2=O)c1. The fraction of sp³-hybridized carbons (Fsp3) is 0.238. The van der Waals surface area contributed by atoms with Crippen LogP contribution in [0.5, 0.6) is 5.75 Å². The lowest BCUT2D eigenvalue weighted by atomic mass is 10.2. The van der Waals surface area contributed by atoms with Gasteiger partial charge in [0.05, 0.1) is 17.2 Å². The van der Waals surface area contributed by atoms with E-state index in [0.29, 0.717) is 16.7 Å². The fourth-order valence-electron chi connectivity index (χ4n) is 2.65. The summed E-state index contributed by atoms with van der Waals surface area (Å²) in [7, 11) is 0. The Labute approximate surface area is 158 Å². The van der Waals surface area contributed by atoms with Crippen molar-refractivity contribution in [1.29, 1.82) is 0 Å². The zero-order valence-corrected chi connectivity index (χ0v) is 16.0. The molecule has 1 heterocycles. The van der Waals surface area contributed by atoms with Gasteiger partial charge in [0.1, 0.15) is 5.75 Å². The van der Waals surface area contributed by atoms with Crippen LogP contribution in [-0.4, -0.2) is 28.6 Å². The molecule has 0 radical (unpaired) electrons. The van der Waals surface area contributed by atoms with Crippen LogP contribution < -0.4 is 4.74 Å². The van der Waals surface area contributed by atoms with Crippen LogP contribution in [0.4, 0.5) is 5.69 Å². The first-order chi connectivity index (χ1) is 12.6. The molecule has 1 amide bonds. The van der Waals surface area contributed by atoms with Gasteiger partial charge in [-0.2, -0.15) is 0 Å². The van der Waals surface area contributed by atoms with Gasteiger partial charge >= 0.3 is 0 Å². The first kappa shape index (κ1) is 18.3. The predicted octanol–water partition coefficient (Wildman–Crippen LogP) is 5.10. The van der Waals surface area contributed by atoms with Gasteiger partial charge in [-0.3, -0.25) is 9.69 Å². The second-order valence-corrected chi connectivity index (χ2v) is 7.12. The third-order valence-corrected chi connectivity index (χ3v) is 4.78. The Morgan fingerprint density at radius 2 is 1.92 bits per heavy atom. The highest BCUT2D eigenvalue weighted by Crippen LogP contribution is 2.35. The first-order valence-electron chi connectivity index (χ1n) is 8.68. The maximum Gasteiger partial charge on any atom is 0.266 e. The van der Waals surface area contributed by atoms with Crippen molar-refractivity contribution < 1.29 is 9.53 Å². The summed E-state index contributed by atoms with van der Waals surface area (Å²) in [5, 5.41) is 0.711. The number of nitrogens with zero attached hydrogens (tertiary/aromatic N) is 2. The predicted molar refractivity (Wildman–Crippen MR) is 109 cm³/mol. The lowest BCUT2D eigenvalue weighted by Crippen LogP contribution is -2.35. The van der Waals surface area contributed by atoms with Gasteiger partial charge in [0.15, 0.2) is 5.17 Å². The van der Waals surface area contributed by atoms with Crippen molar-refractivity contribution in [1.82, 2.24) is 4.90 Å². The third-order valence-electron chi connectivity index (χ3n) is 3.80. The van der Waals surface area contributed by atoms with Gasteiger partial charge in [0, 0.05) is 6.04 Å². The lowest BCUT2D eigenvalue weighted by Gasteiger charge is -2.19. The molecule has 2 aromatic rings. The summed E-state index contributed by atoms with van der Waals surface area (Å²) in [5.74, 6) is 0.790. The van der Waals surface area contributed by atoms with Crippen molar-refractivity contribution in [3.8, 4) is 5.75 Å². The summed E-state index contributed by atoms with van der Waals surface area (Å²) < 4.78 is 5.54. The Bertz CT molecular complexity index is 844. The fourth-order valence-corrected chi connectivity index (χ4v) is 3.77. The van der Waals surface area contributed by atoms with E-state index in [2.05, 4.69) is 4.99 Å². The summed E-state index contributed by atoms with van der Waals surface area (Å²) >= 11 is 1.41. The summed E-state index contributed by atoms with van der Waals surface area (Å²) in [5.41, 5.74) is 1.78. The molecule has 5 heteroatoms. The summed E-state index contributed by atoms with van der Waals surface area (Å²) in [4.78, 5) is 20.0. The second-order valence-electron chi connectivity index (χ2n) is 6.11. The number of amidine groups is 1. The van der Waals surface area contributed by atoms with E-state index < -0.39 is 0 Å². The van der Waals surface area contributed by atoms with E-state index in [1.807, 2.05) is 81.4 Å². The molecular formula is C21H22N2O2S. The molecule has 0 aromatic heterocycles. The van der Waals surface area contributed by atoms with Gasteiger partial charge < -0.3 is 4.74 Å². The molecular weight excluding hydrogens is 344 g/mol. The van der Waals surface area contributed by atoms with Crippen molar-refractivity contribution in [3.63, 3.8) is 0 Å². The molecule has 0 N–H and O–H groups in total. The molecule has 4 nitrogen and oxygen atoms in total. The van der Waals surface area contributed by atoms with Crippen LogP contribution in [0.3, 0.4) is 0 Å². The van der Waals surface area contributed by atoms with Crippen molar-refractivity contribution in [3.05, 3.63) is 65.1 Å². The maximum atomic E-state index is 12.9. The number of ether oxygens (including phenoxy) is 1. The average molecular weight is 366 g/mol. The molecule has 26 heavy (non-hydrogen) atoms. The van der Waals surface area contributed by atoms with Crippen LogP contribution in [0, 0.1) is 0 Å². The molecule has 3 rings (SSSR count). The van der Waals surface area contributed by atoms with E-state index in [1.165, 1.54) is 11.8 Å². The van der Waals surface area contributed by atoms with Gasteiger partial charge in [-0.05, 0) is 68.4 Å². The Morgan fingerprint density at radius 3 is 2.62 bits per heavy atom. The highest BCUT2D eigenvalue weighted by atomic mass is 32.2. The Hall–Kier alpha value is -2.53. The number of benzene rings is 2. The van der Waals surface area contributed by atoms with E-state index in [4.69, 9.17) is 4.74 Å². The van der Waals surface area contributed by atoms with Crippen LogP contribution in [-0.2, 0) is 4.79 Å². The van der Waals surface area contributed by atoms with Crippen molar-refractivity contribution in [2.45, 2.75) is 26.8 Å². The number of carbonyl (C=O) groups is 1. The van der Waals surface area contributed by atoms with E-state index in [-0.39, 0.29) is 11.9 Å². The molecule has 1 aliphatic heterocycles. The van der Waals surface area contributed by atoms with Crippen LogP contribution in [0.25, 0.3) is 6.08 Å². The van der Waals surface area contributed by atoms with Crippen molar-refractivity contribution in [2.75, 3.05) is 6.61 Å². The largest absolute Gasteiger partial charge is 0.494 e. The van der Waals surface area contributed by atoms with Crippen LogP contribution in [0.2, 0.25) is 0 Å². The molecule has 0 bridgehead atoms. The molecule has 134 valence electrons. The smallest absolute Gasteiger partial charge is 0.266 e. The zero-order valence-electron chi connectivity index (χ0n) is 15.2. The highest BCUT2D eigenvalue weighted by molar-refractivity contribution is 8.18. The number of carbonyl (C=O) groups excluding carboxylic acids is 1. The number of hydrogen-bond acceptors (Lipinski definition) is 4. The zero-order chi connectivity index (χ0) is 18.5. The monoisotopic (exact) mass is 366 g/mol.